The maximum Gasteiger partial charge on any atom is 0.490 e. The van der Waals surface area contributed by atoms with E-state index in [4.69, 9.17) is 14.0 Å². The summed E-state index contributed by atoms with van der Waals surface area (Å²) in [7, 11) is -0.330. The fourth-order valence-electron chi connectivity index (χ4n) is 2.71. The van der Waals surface area contributed by atoms with Gasteiger partial charge >= 0.3 is 13.2 Å². The van der Waals surface area contributed by atoms with Gasteiger partial charge in [-0.05, 0) is 67.3 Å². The molecule has 1 amide bonds. The summed E-state index contributed by atoms with van der Waals surface area (Å²) in [5, 5.41) is 0. The molecule has 0 aromatic rings. The smallest absolute Gasteiger partial charge is 0.444 e. The van der Waals surface area contributed by atoms with Gasteiger partial charge in [0.1, 0.15) is 5.60 Å². The summed E-state index contributed by atoms with van der Waals surface area (Å²) in [6.45, 7) is 16.4. The SMILES string of the molecule is CC1C=C(B2OC(C)(C)C(C)(C)O2)CCN1C(=O)OC(C)(C)C. The fraction of sp³-hybridized carbons (Fsp3) is 0.824. The Hall–Kier alpha value is -1.01. The molecule has 0 N–H and O–H groups in total. The van der Waals surface area contributed by atoms with E-state index in [9.17, 15) is 4.79 Å². The van der Waals surface area contributed by atoms with Gasteiger partial charge in [0.15, 0.2) is 0 Å². The number of carbonyl (C=O) groups excluding carboxylic acids is 1. The molecule has 1 fully saturated rings. The van der Waals surface area contributed by atoms with Gasteiger partial charge in [0, 0.05) is 6.54 Å². The van der Waals surface area contributed by atoms with Crippen molar-refractivity contribution < 1.29 is 18.8 Å². The lowest BCUT2D eigenvalue weighted by atomic mass is 9.74. The highest BCUT2D eigenvalue weighted by molar-refractivity contribution is 6.54. The first-order valence-corrected chi connectivity index (χ1v) is 8.38. The monoisotopic (exact) mass is 323 g/mol. The normalized spacial score (nSPS) is 27.0. The average Bonchev–Trinajstić information content (AvgIpc) is 2.56. The Morgan fingerprint density at radius 3 is 2.22 bits per heavy atom. The molecular formula is C17H30BNO4. The van der Waals surface area contributed by atoms with E-state index in [2.05, 4.69) is 6.08 Å². The molecule has 0 spiro atoms. The van der Waals surface area contributed by atoms with Crippen molar-refractivity contribution in [1.82, 2.24) is 4.90 Å². The Morgan fingerprint density at radius 1 is 1.26 bits per heavy atom. The maximum atomic E-state index is 12.3. The van der Waals surface area contributed by atoms with E-state index in [-0.39, 0.29) is 30.5 Å². The number of hydrogen-bond donors (Lipinski definition) is 0. The van der Waals surface area contributed by atoms with Crippen molar-refractivity contribution in [2.75, 3.05) is 6.54 Å². The van der Waals surface area contributed by atoms with E-state index in [1.54, 1.807) is 4.90 Å². The lowest BCUT2D eigenvalue weighted by Gasteiger charge is -2.34. The van der Waals surface area contributed by atoms with Gasteiger partial charge in [-0.2, -0.15) is 0 Å². The van der Waals surface area contributed by atoms with Crippen LogP contribution >= 0.6 is 0 Å². The largest absolute Gasteiger partial charge is 0.490 e. The molecule has 2 heterocycles. The Morgan fingerprint density at radius 2 is 1.78 bits per heavy atom. The summed E-state index contributed by atoms with van der Waals surface area (Å²) in [4.78, 5) is 14.0. The van der Waals surface area contributed by atoms with Gasteiger partial charge < -0.3 is 18.9 Å². The van der Waals surface area contributed by atoms with Crippen LogP contribution in [-0.4, -0.2) is 47.5 Å². The van der Waals surface area contributed by atoms with Crippen molar-refractivity contribution in [3.8, 4) is 0 Å². The lowest BCUT2D eigenvalue weighted by Crippen LogP contribution is -2.45. The van der Waals surface area contributed by atoms with Crippen molar-refractivity contribution in [3.05, 3.63) is 11.5 Å². The fourth-order valence-corrected chi connectivity index (χ4v) is 2.71. The molecule has 2 aliphatic heterocycles. The van der Waals surface area contributed by atoms with Crippen LogP contribution in [0.1, 0.15) is 61.8 Å². The van der Waals surface area contributed by atoms with Gasteiger partial charge in [-0.3, -0.25) is 0 Å². The van der Waals surface area contributed by atoms with Gasteiger partial charge in [0.25, 0.3) is 0 Å². The summed E-state index contributed by atoms with van der Waals surface area (Å²) >= 11 is 0. The second-order valence-electron chi connectivity index (χ2n) is 8.49. The molecule has 0 saturated carbocycles. The molecule has 0 aromatic heterocycles. The molecule has 1 atom stereocenters. The second kappa shape index (κ2) is 5.81. The van der Waals surface area contributed by atoms with Crippen LogP contribution in [0.4, 0.5) is 4.79 Å². The van der Waals surface area contributed by atoms with Crippen LogP contribution < -0.4 is 0 Å². The summed E-state index contributed by atoms with van der Waals surface area (Å²) in [5.41, 5.74) is -0.0587. The number of rotatable bonds is 1. The predicted molar refractivity (Wildman–Crippen MR) is 91.2 cm³/mol. The molecule has 0 aromatic carbocycles. The third-order valence-corrected chi connectivity index (χ3v) is 4.77. The van der Waals surface area contributed by atoms with Crippen molar-refractivity contribution in [2.45, 2.75) is 84.7 Å². The highest BCUT2D eigenvalue weighted by atomic mass is 16.7. The van der Waals surface area contributed by atoms with Crippen LogP contribution in [0.3, 0.4) is 0 Å². The van der Waals surface area contributed by atoms with Gasteiger partial charge in [0.05, 0.1) is 17.2 Å². The highest BCUT2D eigenvalue weighted by Gasteiger charge is 2.52. The first-order chi connectivity index (χ1) is 10.3. The Balaban J connectivity index is 2.07. The molecule has 0 radical (unpaired) electrons. The number of carbonyl (C=O) groups is 1. The van der Waals surface area contributed by atoms with Crippen molar-refractivity contribution in [2.24, 2.45) is 0 Å². The summed E-state index contributed by atoms with van der Waals surface area (Å²) in [6.07, 6.45) is 2.53. The van der Waals surface area contributed by atoms with Crippen molar-refractivity contribution in [3.63, 3.8) is 0 Å². The maximum absolute atomic E-state index is 12.3. The Kier molecular flexibility index (Phi) is 4.64. The van der Waals surface area contributed by atoms with Crippen molar-refractivity contribution in [1.29, 1.82) is 0 Å². The molecular weight excluding hydrogens is 293 g/mol. The zero-order valence-electron chi connectivity index (χ0n) is 15.7. The third kappa shape index (κ3) is 3.91. The van der Waals surface area contributed by atoms with Gasteiger partial charge in [-0.25, -0.2) is 4.79 Å². The first kappa shape index (κ1) is 18.3. The van der Waals surface area contributed by atoms with E-state index in [1.807, 2.05) is 55.4 Å². The Labute approximate surface area is 140 Å². The molecule has 130 valence electrons. The van der Waals surface area contributed by atoms with E-state index in [1.165, 1.54) is 0 Å². The molecule has 0 aliphatic carbocycles. The summed E-state index contributed by atoms with van der Waals surface area (Å²) in [5.74, 6) is 0. The highest BCUT2D eigenvalue weighted by Crippen LogP contribution is 2.39. The first-order valence-electron chi connectivity index (χ1n) is 8.38. The predicted octanol–water partition coefficient (Wildman–Crippen LogP) is 3.57. The number of ether oxygens (including phenoxy) is 1. The molecule has 23 heavy (non-hydrogen) atoms. The van der Waals surface area contributed by atoms with Gasteiger partial charge in [-0.1, -0.05) is 6.08 Å². The zero-order chi connectivity index (χ0) is 17.6. The zero-order valence-corrected chi connectivity index (χ0v) is 15.7. The molecule has 2 rings (SSSR count). The van der Waals surface area contributed by atoms with Crippen LogP contribution in [-0.2, 0) is 14.0 Å². The van der Waals surface area contributed by atoms with Crippen LogP contribution in [0, 0.1) is 0 Å². The molecule has 2 aliphatic rings. The molecule has 1 saturated heterocycles. The van der Waals surface area contributed by atoms with Crippen molar-refractivity contribution >= 4 is 13.2 Å². The average molecular weight is 323 g/mol. The minimum absolute atomic E-state index is 0.0346. The van der Waals surface area contributed by atoms with E-state index in [0.717, 1.165) is 11.9 Å². The molecule has 5 nitrogen and oxygen atoms in total. The van der Waals surface area contributed by atoms with E-state index in [0.29, 0.717) is 6.54 Å². The summed E-state index contributed by atoms with van der Waals surface area (Å²) in [6, 6.07) is -0.0346. The molecule has 6 heteroatoms. The van der Waals surface area contributed by atoms with Crippen LogP contribution in [0.15, 0.2) is 11.5 Å². The van der Waals surface area contributed by atoms with E-state index < -0.39 is 5.60 Å². The quantitative estimate of drug-likeness (QED) is 0.692. The van der Waals surface area contributed by atoms with E-state index >= 15 is 0 Å². The van der Waals surface area contributed by atoms with Gasteiger partial charge in [0.2, 0.25) is 0 Å². The Bertz CT molecular complexity index is 491. The number of amides is 1. The second-order valence-corrected chi connectivity index (χ2v) is 8.49. The third-order valence-electron chi connectivity index (χ3n) is 4.77. The van der Waals surface area contributed by atoms with Crippen LogP contribution in [0.2, 0.25) is 0 Å². The molecule has 0 bridgehead atoms. The molecule has 1 unspecified atom stereocenters. The van der Waals surface area contributed by atoms with Crippen LogP contribution in [0.5, 0.6) is 0 Å². The minimum atomic E-state index is -0.480. The number of hydrogen-bond acceptors (Lipinski definition) is 4. The van der Waals surface area contributed by atoms with Gasteiger partial charge in [-0.15, -0.1) is 0 Å². The topological polar surface area (TPSA) is 48.0 Å². The minimum Gasteiger partial charge on any atom is -0.444 e. The lowest BCUT2D eigenvalue weighted by molar-refractivity contribution is 0.00578. The van der Waals surface area contributed by atoms with Crippen LogP contribution in [0.25, 0.3) is 0 Å². The standard InChI is InChI=1S/C17H30BNO4/c1-12-11-13(18-22-16(5,6)17(7,8)23-18)9-10-19(12)14(20)21-15(2,3)4/h11-12H,9-10H2,1-8H3. The summed E-state index contributed by atoms with van der Waals surface area (Å²) < 4.78 is 17.7. The number of nitrogens with zero attached hydrogens (tertiary/aromatic N) is 1.